The molecule has 0 bridgehead atoms. The fraction of sp³-hybridized carbons (Fsp3) is 0.111. The average Bonchev–Trinajstić information content (AvgIpc) is 2.03. The van der Waals surface area contributed by atoms with E-state index >= 15 is 0 Å². The number of aromatic nitrogens is 1. The monoisotopic (exact) mass is 161 g/mol. The quantitative estimate of drug-likeness (QED) is 0.437. The van der Waals surface area contributed by atoms with E-state index in [-0.39, 0.29) is 5.56 Å². The summed E-state index contributed by atoms with van der Waals surface area (Å²) in [5.41, 5.74) is 1.28. The van der Waals surface area contributed by atoms with Crippen molar-refractivity contribution in [2.45, 2.75) is 6.92 Å². The summed E-state index contributed by atoms with van der Waals surface area (Å²) in [6, 6.07) is 1.44. The molecular formula is C9H7NO2. The van der Waals surface area contributed by atoms with Crippen molar-refractivity contribution < 1.29 is 4.79 Å². The summed E-state index contributed by atoms with van der Waals surface area (Å²) >= 11 is 0. The van der Waals surface area contributed by atoms with Gasteiger partial charge in [-0.25, -0.2) is 0 Å². The highest BCUT2D eigenvalue weighted by Gasteiger charge is 1.93. The van der Waals surface area contributed by atoms with Crippen molar-refractivity contribution >= 4 is 6.29 Å². The van der Waals surface area contributed by atoms with Gasteiger partial charge in [0.15, 0.2) is 6.29 Å². The Labute approximate surface area is 69.4 Å². The van der Waals surface area contributed by atoms with Crippen molar-refractivity contribution in [3.8, 4) is 11.8 Å². The van der Waals surface area contributed by atoms with E-state index in [9.17, 15) is 9.59 Å². The number of aromatic amines is 1. The number of hydrogen-bond donors (Lipinski definition) is 1. The second-order valence-electron chi connectivity index (χ2n) is 2.28. The zero-order valence-corrected chi connectivity index (χ0v) is 6.55. The third kappa shape index (κ3) is 1.83. The van der Waals surface area contributed by atoms with Gasteiger partial charge in [0.05, 0.1) is 0 Å². The molecule has 1 heterocycles. The lowest BCUT2D eigenvalue weighted by Crippen LogP contribution is -2.04. The standard InChI is InChI=1S/C9H7NO2/c1-7-5-9(12)10-6-8(7)3-2-4-11/h4-6H,1H3,(H,10,12). The molecule has 0 aromatic carbocycles. The number of aldehydes is 1. The topological polar surface area (TPSA) is 49.9 Å². The van der Waals surface area contributed by atoms with Crippen LogP contribution in [0.2, 0.25) is 0 Å². The van der Waals surface area contributed by atoms with E-state index in [1.165, 1.54) is 12.3 Å². The lowest BCUT2D eigenvalue weighted by atomic mass is 10.2. The van der Waals surface area contributed by atoms with E-state index in [1.54, 1.807) is 6.92 Å². The van der Waals surface area contributed by atoms with Crippen molar-refractivity contribution in [3.63, 3.8) is 0 Å². The molecule has 0 saturated heterocycles. The van der Waals surface area contributed by atoms with Gasteiger partial charge in [0, 0.05) is 17.8 Å². The first-order chi connectivity index (χ1) is 5.74. The van der Waals surface area contributed by atoms with Gasteiger partial charge in [0.2, 0.25) is 5.56 Å². The highest BCUT2D eigenvalue weighted by atomic mass is 16.1. The van der Waals surface area contributed by atoms with E-state index in [0.29, 0.717) is 11.8 Å². The summed E-state index contributed by atoms with van der Waals surface area (Å²) in [6.45, 7) is 1.77. The Morgan fingerprint density at radius 2 is 2.33 bits per heavy atom. The zero-order valence-electron chi connectivity index (χ0n) is 6.55. The first-order valence-corrected chi connectivity index (χ1v) is 3.38. The Kier molecular flexibility index (Phi) is 2.44. The summed E-state index contributed by atoms with van der Waals surface area (Å²) in [5, 5.41) is 0. The third-order valence-corrected chi connectivity index (χ3v) is 1.40. The fourth-order valence-corrected chi connectivity index (χ4v) is 0.815. The predicted octanol–water partition coefficient (Wildman–Crippen LogP) is 0.234. The molecule has 1 rings (SSSR count). The molecule has 0 aliphatic rings. The fourth-order valence-electron chi connectivity index (χ4n) is 0.815. The number of pyridine rings is 1. The van der Waals surface area contributed by atoms with Crippen LogP contribution in [-0.4, -0.2) is 11.3 Å². The van der Waals surface area contributed by atoms with Crippen molar-refractivity contribution in [2.75, 3.05) is 0 Å². The van der Waals surface area contributed by atoms with Crippen LogP contribution in [0, 0.1) is 18.8 Å². The Morgan fingerprint density at radius 3 is 2.92 bits per heavy atom. The van der Waals surface area contributed by atoms with Crippen LogP contribution in [0.1, 0.15) is 11.1 Å². The van der Waals surface area contributed by atoms with E-state index in [0.717, 1.165) is 5.56 Å². The molecule has 1 N–H and O–H groups in total. The SMILES string of the molecule is Cc1cc(=O)[nH]cc1C#CC=O. The number of aryl methyl sites for hydroxylation is 1. The van der Waals surface area contributed by atoms with Crippen molar-refractivity contribution in [1.29, 1.82) is 0 Å². The highest BCUT2D eigenvalue weighted by Crippen LogP contribution is 1.98. The number of nitrogens with one attached hydrogen (secondary N) is 1. The number of carbonyl (C=O) groups is 1. The van der Waals surface area contributed by atoms with Crippen LogP contribution < -0.4 is 5.56 Å². The van der Waals surface area contributed by atoms with Gasteiger partial charge in [-0.3, -0.25) is 9.59 Å². The smallest absolute Gasteiger partial charge is 0.248 e. The Bertz CT molecular complexity index is 407. The molecule has 0 atom stereocenters. The molecular weight excluding hydrogens is 154 g/mol. The number of rotatable bonds is 0. The van der Waals surface area contributed by atoms with E-state index < -0.39 is 0 Å². The van der Waals surface area contributed by atoms with Crippen LogP contribution in [-0.2, 0) is 4.79 Å². The van der Waals surface area contributed by atoms with Crippen LogP contribution in [0.5, 0.6) is 0 Å². The zero-order chi connectivity index (χ0) is 8.97. The minimum atomic E-state index is -0.163. The van der Waals surface area contributed by atoms with Gasteiger partial charge in [-0.2, -0.15) is 0 Å². The Hall–Kier alpha value is -1.82. The molecule has 0 spiro atoms. The van der Waals surface area contributed by atoms with Gasteiger partial charge in [-0.1, -0.05) is 5.92 Å². The van der Waals surface area contributed by atoms with Crippen molar-refractivity contribution in [2.24, 2.45) is 0 Å². The molecule has 1 aromatic rings. The molecule has 0 amide bonds. The third-order valence-electron chi connectivity index (χ3n) is 1.40. The molecule has 0 aliphatic heterocycles. The van der Waals surface area contributed by atoms with Gasteiger partial charge in [0.25, 0.3) is 0 Å². The predicted molar refractivity (Wildman–Crippen MR) is 44.7 cm³/mol. The molecule has 0 fully saturated rings. The molecule has 0 saturated carbocycles. The molecule has 0 radical (unpaired) electrons. The maximum atomic E-state index is 10.7. The van der Waals surface area contributed by atoms with Gasteiger partial charge in [-0.05, 0) is 18.4 Å². The van der Waals surface area contributed by atoms with Crippen LogP contribution >= 0.6 is 0 Å². The van der Waals surface area contributed by atoms with Gasteiger partial charge in [0.1, 0.15) is 0 Å². The van der Waals surface area contributed by atoms with Crippen LogP contribution in [0.3, 0.4) is 0 Å². The first-order valence-electron chi connectivity index (χ1n) is 3.38. The summed E-state index contributed by atoms with van der Waals surface area (Å²) in [6.07, 6.45) is 2.01. The number of H-pyrrole nitrogens is 1. The molecule has 0 unspecified atom stereocenters. The first kappa shape index (κ1) is 8.28. The second kappa shape index (κ2) is 3.54. The van der Waals surface area contributed by atoms with Gasteiger partial charge >= 0.3 is 0 Å². The lowest BCUT2D eigenvalue weighted by molar-refractivity contribution is -0.103. The van der Waals surface area contributed by atoms with E-state index in [1.807, 2.05) is 0 Å². The minimum Gasteiger partial charge on any atom is -0.328 e. The molecule has 3 nitrogen and oxygen atoms in total. The maximum absolute atomic E-state index is 10.7. The summed E-state index contributed by atoms with van der Waals surface area (Å²) in [4.78, 5) is 23.1. The van der Waals surface area contributed by atoms with Crippen LogP contribution in [0.4, 0.5) is 0 Å². The molecule has 3 heteroatoms. The molecule has 12 heavy (non-hydrogen) atoms. The number of carbonyl (C=O) groups excluding carboxylic acids is 1. The highest BCUT2D eigenvalue weighted by molar-refractivity contribution is 5.74. The second-order valence-corrected chi connectivity index (χ2v) is 2.28. The summed E-state index contributed by atoms with van der Waals surface area (Å²) in [7, 11) is 0. The van der Waals surface area contributed by atoms with Gasteiger partial charge in [-0.15, -0.1) is 0 Å². The lowest BCUT2D eigenvalue weighted by Gasteiger charge is -1.93. The van der Waals surface area contributed by atoms with E-state index in [4.69, 9.17) is 0 Å². The Balaban J connectivity index is 3.18. The summed E-state index contributed by atoms with van der Waals surface area (Å²) in [5.74, 6) is 4.87. The van der Waals surface area contributed by atoms with Gasteiger partial charge < -0.3 is 4.98 Å². The largest absolute Gasteiger partial charge is 0.328 e. The Morgan fingerprint density at radius 1 is 1.58 bits per heavy atom. The van der Waals surface area contributed by atoms with Crippen LogP contribution in [0.15, 0.2) is 17.1 Å². The number of hydrogen-bond acceptors (Lipinski definition) is 2. The molecule has 0 aliphatic carbocycles. The molecule has 1 aromatic heterocycles. The van der Waals surface area contributed by atoms with Crippen molar-refractivity contribution in [3.05, 3.63) is 33.7 Å². The van der Waals surface area contributed by atoms with Crippen LogP contribution in [0.25, 0.3) is 0 Å². The molecule has 60 valence electrons. The normalized spacial score (nSPS) is 8.42. The average molecular weight is 161 g/mol. The van der Waals surface area contributed by atoms with E-state index in [2.05, 4.69) is 16.8 Å². The summed E-state index contributed by atoms with van der Waals surface area (Å²) < 4.78 is 0. The van der Waals surface area contributed by atoms with Crippen molar-refractivity contribution in [1.82, 2.24) is 4.98 Å². The minimum absolute atomic E-state index is 0.163. The maximum Gasteiger partial charge on any atom is 0.248 e.